The molecule has 0 spiro atoms. The highest BCUT2D eigenvalue weighted by atomic mass is 35.5. The molecule has 2 aliphatic rings. The summed E-state index contributed by atoms with van der Waals surface area (Å²) in [5.74, 6) is 0.0853. The van der Waals surface area contributed by atoms with Gasteiger partial charge in [0.25, 0.3) is 5.91 Å². The average Bonchev–Trinajstić information content (AvgIpc) is 2.55. The summed E-state index contributed by atoms with van der Waals surface area (Å²) in [4.78, 5) is 14.0. The van der Waals surface area contributed by atoms with Crippen LogP contribution in [0.25, 0.3) is 0 Å². The Kier molecular flexibility index (Phi) is 3.10. The number of amides is 1. The van der Waals surface area contributed by atoms with Gasteiger partial charge in [-0.15, -0.1) is 12.4 Å². The van der Waals surface area contributed by atoms with Crippen molar-refractivity contribution in [3.8, 4) is 0 Å². The first-order valence-electron chi connectivity index (χ1n) is 5.09. The fourth-order valence-corrected chi connectivity index (χ4v) is 2.68. The largest absolute Gasteiger partial charge is 0.329 e. The van der Waals surface area contributed by atoms with Gasteiger partial charge in [-0.1, -0.05) is 23.7 Å². The van der Waals surface area contributed by atoms with E-state index in [1.54, 1.807) is 6.07 Å². The molecule has 1 fully saturated rings. The topological polar surface area (TPSA) is 32.3 Å². The van der Waals surface area contributed by atoms with Gasteiger partial charge in [0.1, 0.15) is 0 Å². The lowest BCUT2D eigenvalue weighted by molar-refractivity contribution is 0.0691. The molecule has 0 aromatic heterocycles. The Morgan fingerprint density at radius 2 is 2.25 bits per heavy atom. The lowest BCUT2D eigenvalue weighted by atomic mass is 10.0. The molecular weight excluding hydrogens is 247 g/mol. The number of hydrogen-bond acceptors (Lipinski definition) is 2. The summed E-state index contributed by atoms with van der Waals surface area (Å²) in [7, 11) is 0. The molecule has 2 heterocycles. The predicted molar refractivity (Wildman–Crippen MR) is 65.3 cm³/mol. The van der Waals surface area contributed by atoms with Gasteiger partial charge >= 0.3 is 0 Å². The highest BCUT2D eigenvalue weighted by Gasteiger charge is 2.38. The maximum atomic E-state index is 12.1. The van der Waals surface area contributed by atoms with Crippen LogP contribution in [-0.2, 0) is 0 Å². The van der Waals surface area contributed by atoms with E-state index in [1.807, 2.05) is 17.0 Å². The Labute approximate surface area is 105 Å². The smallest absolute Gasteiger partial charge is 0.256 e. The molecule has 2 aliphatic heterocycles. The van der Waals surface area contributed by atoms with Crippen LogP contribution in [0.2, 0.25) is 5.02 Å². The minimum absolute atomic E-state index is 0. The van der Waals surface area contributed by atoms with Crippen molar-refractivity contribution in [3.05, 3.63) is 34.3 Å². The van der Waals surface area contributed by atoms with Crippen LogP contribution in [0.15, 0.2) is 18.2 Å². The molecular formula is C11H12Cl2N2O. The summed E-state index contributed by atoms with van der Waals surface area (Å²) < 4.78 is 0. The Morgan fingerprint density at radius 1 is 1.44 bits per heavy atom. The molecule has 5 heteroatoms. The first kappa shape index (κ1) is 11.7. The normalized spacial score (nSPS) is 22.4. The third kappa shape index (κ3) is 1.51. The van der Waals surface area contributed by atoms with Crippen molar-refractivity contribution in [2.24, 2.45) is 0 Å². The highest BCUT2D eigenvalue weighted by Crippen LogP contribution is 2.37. The summed E-state index contributed by atoms with van der Waals surface area (Å²) in [5, 5.41) is 3.88. The molecule has 3 nitrogen and oxygen atoms in total. The second kappa shape index (κ2) is 4.24. The predicted octanol–water partition coefficient (Wildman–Crippen LogP) is 1.86. The molecule has 3 rings (SSSR count). The fourth-order valence-electron chi connectivity index (χ4n) is 2.41. The van der Waals surface area contributed by atoms with Crippen LogP contribution < -0.4 is 5.32 Å². The Hall–Kier alpha value is -0.770. The molecule has 0 bridgehead atoms. The average molecular weight is 259 g/mol. The third-order valence-electron chi connectivity index (χ3n) is 3.12. The van der Waals surface area contributed by atoms with E-state index in [0.717, 1.165) is 25.2 Å². The number of hydrogen-bond donors (Lipinski definition) is 1. The van der Waals surface area contributed by atoms with Gasteiger partial charge in [-0.05, 0) is 11.6 Å². The molecule has 0 unspecified atom stereocenters. The van der Waals surface area contributed by atoms with Crippen LogP contribution >= 0.6 is 24.0 Å². The van der Waals surface area contributed by atoms with Crippen molar-refractivity contribution in [1.82, 2.24) is 10.2 Å². The van der Waals surface area contributed by atoms with Gasteiger partial charge in [-0.25, -0.2) is 0 Å². The molecule has 16 heavy (non-hydrogen) atoms. The van der Waals surface area contributed by atoms with Gasteiger partial charge in [0.2, 0.25) is 0 Å². The van der Waals surface area contributed by atoms with Crippen LogP contribution in [0.1, 0.15) is 22.0 Å². The van der Waals surface area contributed by atoms with Crippen molar-refractivity contribution >= 4 is 29.9 Å². The molecule has 86 valence electrons. The maximum Gasteiger partial charge on any atom is 0.256 e. The zero-order valence-electron chi connectivity index (χ0n) is 8.57. The summed E-state index contributed by atoms with van der Waals surface area (Å²) in [6.45, 7) is 2.47. The minimum atomic E-state index is 0. The van der Waals surface area contributed by atoms with Gasteiger partial charge in [-0.3, -0.25) is 4.79 Å². The maximum absolute atomic E-state index is 12.1. The van der Waals surface area contributed by atoms with Crippen LogP contribution in [0.4, 0.5) is 0 Å². The number of carbonyl (C=O) groups is 1. The highest BCUT2D eigenvalue weighted by molar-refractivity contribution is 6.34. The van der Waals surface area contributed by atoms with E-state index in [4.69, 9.17) is 11.6 Å². The van der Waals surface area contributed by atoms with E-state index in [2.05, 4.69) is 5.32 Å². The van der Waals surface area contributed by atoms with E-state index in [9.17, 15) is 4.79 Å². The monoisotopic (exact) mass is 258 g/mol. The SMILES string of the molecule is Cl.O=C1c2c(Cl)cccc2[C@@H]2CNCCN12. The second-order valence-corrected chi connectivity index (χ2v) is 4.33. The molecule has 1 amide bonds. The lowest BCUT2D eigenvalue weighted by Gasteiger charge is -2.30. The lowest BCUT2D eigenvalue weighted by Crippen LogP contribution is -2.44. The van der Waals surface area contributed by atoms with Gasteiger partial charge in [-0.2, -0.15) is 0 Å². The van der Waals surface area contributed by atoms with Crippen molar-refractivity contribution in [1.29, 1.82) is 0 Å². The molecule has 0 saturated carbocycles. The number of piperazine rings is 1. The number of rotatable bonds is 0. The summed E-state index contributed by atoms with van der Waals surface area (Å²) in [5.41, 5.74) is 1.77. The third-order valence-corrected chi connectivity index (χ3v) is 3.44. The number of nitrogens with zero attached hydrogens (tertiary/aromatic N) is 1. The van der Waals surface area contributed by atoms with E-state index in [0.29, 0.717) is 10.6 Å². The Bertz CT molecular complexity index is 436. The van der Waals surface area contributed by atoms with Crippen LogP contribution in [-0.4, -0.2) is 30.4 Å². The number of fused-ring (bicyclic) bond motifs is 3. The zero-order chi connectivity index (χ0) is 10.4. The minimum Gasteiger partial charge on any atom is -0.329 e. The van der Waals surface area contributed by atoms with Crippen molar-refractivity contribution < 1.29 is 4.79 Å². The molecule has 1 saturated heterocycles. The van der Waals surface area contributed by atoms with E-state index < -0.39 is 0 Å². The second-order valence-electron chi connectivity index (χ2n) is 3.92. The quantitative estimate of drug-likeness (QED) is 0.771. The van der Waals surface area contributed by atoms with Crippen LogP contribution in [0, 0.1) is 0 Å². The van der Waals surface area contributed by atoms with Crippen LogP contribution in [0.5, 0.6) is 0 Å². The van der Waals surface area contributed by atoms with E-state index in [-0.39, 0.29) is 24.4 Å². The zero-order valence-corrected chi connectivity index (χ0v) is 10.1. The van der Waals surface area contributed by atoms with Crippen molar-refractivity contribution in [2.45, 2.75) is 6.04 Å². The van der Waals surface area contributed by atoms with Crippen molar-refractivity contribution in [3.63, 3.8) is 0 Å². The number of benzene rings is 1. The number of carbonyl (C=O) groups excluding carboxylic acids is 1. The van der Waals surface area contributed by atoms with Gasteiger partial charge in [0.05, 0.1) is 16.6 Å². The summed E-state index contributed by atoms with van der Waals surface area (Å²) in [6, 6.07) is 5.87. The first-order chi connectivity index (χ1) is 7.29. The van der Waals surface area contributed by atoms with Crippen LogP contribution in [0.3, 0.4) is 0 Å². The van der Waals surface area contributed by atoms with Gasteiger partial charge < -0.3 is 10.2 Å². The molecule has 1 aromatic rings. The number of halogens is 2. The van der Waals surface area contributed by atoms with E-state index >= 15 is 0 Å². The van der Waals surface area contributed by atoms with Gasteiger partial charge in [0, 0.05) is 19.6 Å². The number of nitrogens with one attached hydrogen (secondary N) is 1. The van der Waals surface area contributed by atoms with Crippen molar-refractivity contribution in [2.75, 3.05) is 19.6 Å². The molecule has 1 N–H and O–H groups in total. The first-order valence-corrected chi connectivity index (χ1v) is 5.47. The van der Waals surface area contributed by atoms with E-state index in [1.165, 1.54) is 0 Å². The standard InChI is InChI=1S/C11H11ClN2O.ClH/c12-8-3-1-2-7-9-6-13-4-5-14(9)11(15)10(7)8;/h1-3,9,13H,4-6H2;1H/t9-;/m0./s1. The summed E-state index contributed by atoms with van der Waals surface area (Å²) >= 11 is 6.06. The Balaban J connectivity index is 0.000000963. The molecule has 1 aromatic carbocycles. The molecule has 0 radical (unpaired) electrons. The molecule has 1 atom stereocenters. The summed E-state index contributed by atoms with van der Waals surface area (Å²) in [6.07, 6.45) is 0. The van der Waals surface area contributed by atoms with Gasteiger partial charge in [0.15, 0.2) is 0 Å². The Morgan fingerprint density at radius 3 is 3.06 bits per heavy atom. The molecule has 0 aliphatic carbocycles. The fraction of sp³-hybridized carbons (Fsp3) is 0.364.